The van der Waals surface area contributed by atoms with Crippen LogP contribution in [0.1, 0.15) is 79.6 Å². The van der Waals surface area contributed by atoms with Crippen LogP contribution in [0, 0.1) is 30.1 Å². The number of carbonyl (C=O) groups excluding carboxylic acids is 2. The van der Waals surface area contributed by atoms with Gasteiger partial charge in [0.15, 0.2) is 0 Å². The van der Waals surface area contributed by atoms with Crippen molar-refractivity contribution < 1.29 is 14.3 Å². The highest BCUT2D eigenvalue weighted by Crippen LogP contribution is 2.22. The predicted molar refractivity (Wildman–Crippen MR) is 156 cm³/mol. The molecule has 4 nitrogen and oxygen atoms in total. The van der Waals surface area contributed by atoms with Gasteiger partial charge in [0.25, 0.3) is 0 Å². The first-order chi connectivity index (χ1) is 17.7. The van der Waals surface area contributed by atoms with Gasteiger partial charge < -0.3 is 10.5 Å². The second-order valence-electron chi connectivity index (χ2n) is 10.3. The van der Waals surface area contributed by atoms with Crippen LogP contribution < -0.4 is 5.73 Å². The number of allylic oxidation sites excluding steroid dienone is 8. The number of Topliss-reactive ketones (excluding diaryl/α,β-unsaturated/α-hetero) is 1. The minimum absolute atomic E-state index is 0.162. The Kier molecular flexibility index (Phi) is 15.9. The van der Waals surface area contributed by atoms with E-state index >= 15 is 0 Å². The zero-order valence-electron chi connectivity index (χ0n) is 23.5. The molecule has 0 saturated heterocycles. The molecule has 2 N–H and O–H groups in total. The molecule has 0 aromatic heterocycles. The number of rotatable bonds is 16. The molecule has 0 bridgehead atoms. The van der Waals surface area contributed by atoms with Gasteiger partial charge in [-0.2, -0.15) is 0 Å². The molecule has 0 amide bonds. The SMILES string of the molecule is C#CCCC(=O)C(CCC(C)C/C=C/C)C(N)/C=C/C=C(\C)CC(C)/C=C(C)\C=C\C1CC=CC(=O)O1. The van der Waals surface area contributed by atoms with Gasteiger partial charge in [0.2, 0.25) is 0 Å². The van der Waals surface area contributed by atoms with Crippen LogP contribution in [-0.4, -0.2) is 23.9 Å². The highest BCUT2D eigenvalue weighted by molar-refractivity contribution is 5.83. The molecule has 0 aromatic carbocycles. The van der Waals surface area contributed by atoms with Gasteiger partial charge in [0.05, 0.1) is 0 Å². The molecule has 0 aliphatic carbocycles. The van der Waals surface area contributed by atoms with E-state index in [0.717, 1.165) is 31.3 Å². The van der Waals surface area contributed by atoms with Crippen LogP contribution in [-0.2, 0) is 14.3 Å². The van der Waals surface area contributed by atoms with Gasteiger partial charge >= 0.3 is 5.97 Å². The van der Waals surface area contributed by atoms with Gasteiger partial charge in [-0.15, -0.1) is 12.3 Å². The molecule has 1 rings (SSSR count). The number of ether oxygens (including phenoxy) is 1. The smallest absolute Gasteiger partial charge is 0.331 e. The largest absolute Gasteiger partial charge is 0.455 e. The van der Waals surface area contributed by atoms with Crippen molar-refractivity contribution in [2.75, 3.05) is 0 Å². The topological polar surface area (TPSA) is 69.4 Å². The summed E-state index contributed by atoms with van der Waals surface area (Å²) < 4.78 is 5.26. The monoisotopic (exact) mass is 505 g/mol. The molecule has 5 atom stereocenters. The Hall–Kier alpha value is -2.90. The summed E-state index contributed by atoms with van der Waals surface area (Å²) in [4.78, 5) is 24.2. The summed E-state index contributed by atoms with van der Waals surface area (Å²) in [5.41, 5.74) is 8.86. The third-order valence-corrected chi connectivity index (χ3v) is 6.51. The molecule has 0 spiro atoms. The molecule has 5 unspecified atom stereocenters. The summed E-state index contributed by atoms with van der Waals surface area (Å²) in [6.07, 6.45) is 30.2. The predicted octanol–water partition coefficient (Wildman–Crippen LogP) is 7.20. The number of terminal acetylenes is 1. The minimum atomic E-state index is -0.323. The van der Waals surface area contributed by atoms with Gasteiger partial charge in [-0.1, -0.05) is 73.6 Å². The van der Waals surface area contributed by atoms with Crippen LogP contribution in [0.3, 0.4) is 0 Å². The summed E-state index contributed by atoms with van der Waals surface area (Å²) in [5.74, 6) is 3.11. The fourth-order valence-corrected chi connectivity index (χ4v) is 4.43. The van der Waals surface area contributed by atoms with E-state index in [1.807, 2.05) is 37.3 Å². The van der Waals surface area contributed by atoms with Crippen LogP contribution in [0.2, 0.25) is 0 Å². The highest BCUT2D eigenvalue weighted by atomic mass is 16.5. The van der Waals surface area contributed by atoms with E-state index in [4.69, 9.17) is 16.9 Å². The van der Waals surface area contributed by atoms with Crippen molar-refractivity contribution >= 4 is 11.8 Å². The van der Waals surface area contributed by atoms with Crippen molar-refractivity contribution in [3.63, 3.8) is 0 Å². The molecule has 1 heterocycles. The molecule has 0 saturated carbocycles. The lowest BCUT2D eigenvalue weighted by Gasteiger charge is -2.21. The summed E-state index contributed by atoms with van der Waals surface area (Å²) in [6.45, 7) is 10.6. The standard InChI is InChI=1S/C33H47NO3/c1-7-9-13-25(3)20-22-30(32(35)17-10-8-2)31(34)16-11-14-26(4)23-28(6)24-27(5)19-21-29-15-12-18-33(36)37-29/h2,7,9,11-12,14,16,18-19,21,24-25,28-31H,10,13,15,17,20,22-23,34H2,1,3-6H3/b9-7+,16-11+,21-19+,26-14+,27-24-. The third-order valence-electron chi connectivity index (χ3n) is 6.51. The van der Waals surface area contributed by atoms with E-state index in [1.54, 1.807) is 0 Å². The zero-order chi connectivity index (χ0) is 27.6. The first-order valence-electron chi connectivity index (χ1n) is 13.6. The van der Waals surface area contributed by atoms with Gasteiger partial charge in [-0.05, 0) is 64.4 Å². The summed E-state index contributed by atoms with van der Waals surface area (Å²) >= 11 is 0. The Morgan fingerprint density at radius 3 is 2.73 bits per heavy atom. The Bertz CT molecular complexity index is 941. The molecular weight excluding hydrogens is 458 g/mol. The van der Waals surface area contributed by atoms with Gasteiger partial charge in [0, 0.05) is 37.3 Å². The number of carbonyl (C=O) groups is 2. The molecule has 202 valence electrons. The zero-order valence-corrected chi connectivity index (χ0v) is 23.5. The normalized spacial score (nSPS) is 20.2. The molecular formula is C33H47NO3. The number of ketones is 1. The molecule has 4 heteroatoms. The fraction of sp³-hybridized carbons (Fsp3) is 0.515. The molecule has 37 heavy (non-hydrogen) atoms. The van der Waals surface area contributed by atoms with Crippen molar-refractivity contribution in [2.45, 2.75) is 91.7 Å². The van der Waals surface area contributed by atoms with Crippen LogP contribution in [0.5, 0.6) is 0 Å². The number of nitrogens with two attached hydrogens (primary N) is 1. The quantitative estimate of drug-likeness (QED) is 0.104. The average Bonchev–Trinajstić information content (AvgIpc) is 2.84. The molecule has 1 aliphatic rings. The summed E-state index contributed by atoms with van der Waals surface area (Å²) in [7, 11) is 0. The maximum Gasteiger partial charge on any atom is 0.331 e. The maximum absolute atomic E-state index is 12.8. The number of cyclic esters (lactones) is 1. The fourth-order valence-electron chi connectivity index (χ4n) is 4.43. The third kappa shape index (κ3) is 14.4. The maximum atomic E-state index is 12.8. The first kappa shape index (κ1) is 32.1. The van der Waals surface area contributed by atoms with Crippen molar-refractivity contribution in [3.05, 3.63) is 71.9 Å². The van der Waals surface area contributed by atoms with Crippen LogP contribution in [0.25, 0.3) is 0 Å². The summed E-state index contributed by atoms with van der Waals surface area (Å²) in [6, 6.07) is -0.323. The van der Waals surface area contributed by atoms with Crippen molar-refractivity contribution in [1.82, 2.24) is 0 Å². The van der Waals surface area contributed by atoms with Crippen molar-refractivity contribution in [3.8, 4) is 12.3 Å². The highest BCUT2D eigenvalue weighted by Gasteiger charge is 2.23. The van der Waals surface area contributed by atoms with Gasteiger partial charge in [-0.3, -0.25) is 4.79 Å². The number of hydrogen-bond donors (Lipinski definition) is 1. The van der Waals surface area contributed by atoms with E-state index in [9.17, 15) is 9.59 Å². The molecule has 0 radical (unpaired) electrons. The average molecular weight is 506 g/mol. The Morgan fingerprint density at radius 1 is 1.30 bits per heavy atom. The van der Waals surface area contributed by atoms with Crippen molar-refractivity contribution in [1.29, 1.82) is 0 Å². The van der Waals surface area contributed by atoms with Crippen LogP contribution >= 0.6 is 0 Å². The van der Waals surface area contributed by atoms with E-state index in [1.165, 1.54) is 11.6 Å². The van der Waals surface area contributed by atoms with E-state index in [-0.39, 0.29) is 29.8 Å². The van der Waals surface area contributed by atoms with E-state index in [2.05, 4.69) is 57.9 Å². The van der Waals surface area contributed by atoms with E-state index in [0.29, 0.717) is 31.1 Å². The molecule has 0 fully saturated rings. The molecule has 1 aliphatic heterocycles. The number of esters is 1. The van der Waals surface area contributed by atoms with Gasteiger partial charge in [-0.25, -0.2) is 4.79 Å². The van der Waals surface area contributed by atoms with E-state index < -0.39 is 0 Å². The Labute approximate surface area is 225 Å². The lowest BCUT2D eigenvalue weighted by molar-refractivity contribution is -0.141. The second kappa shape index (κ2) is 18.4. The van der Waals surface area contributed by atoms with Crippen molar-refractivity contribution in [2.24, 2.45) is 23.5 Å². The van der Waals surface area contributed by atoms with Gasteiger partial charge in [0.1, 0.15) is 11.9 Å². The molecule has 0 aromatic rings. The van der Waals surface area contributed by atoms with Crippen LogP contribution in [0.15, 0.2) is 71.9 Å². The minimum Gasteiger partial charge on any atom is -0.455 e. The number of hydrogen-bond acceptors (Lipinski definition) is 4. The lowest BCUT2D eigenvalue weighted by Crippen LogP contribution is -2.34. The second-order valence-corrected chi connectivity index (χ2v) is 10.3. The first-order valence-corrected chi connectivity index (χ1v) is 13.6. The van der Waals surface area contributed by atoms with Crippen LogP contribution in [0.4, 0.5) is 0 Å². The summed E-state index contributed by atoms with van der Waals surface area (Å²) in [5, 5.41) is 0. The Morgan fingerprint density at radius 2 is 2.05 bits per heavy atom. The Balaban J connectivity index is 2.68. The lowest BCUT2D eigenvalue weighted by atomic mass is 9.85.